The minimum Gasteiger partial charge on any atom is -0.351 e. The zero-order chi connectivity index (χ0) is 15.5. The molecule has 0 radical (unpaired) electrons. The summed E-state index contributed by atoms with van der Waals surface area (Å²) in [5, 5.41) is 1.62. The molecular weight excluding hydrogens is 301 g/mol. The van der Waals surface area contributed by atoms with E-state index in [-0.39, 0.29) is 10.6 Å². The number of carbonyl (C=O) groups excluding carboxylic acids is 1. The molecule has 0 unspecified atom stereocenters. The fourth-order valence-corrected chi connectivity index (χ4v) is 2.62. The molecule has 0 fully saturated rings. The maximum atomic E-state index is 12.5. The Bertz CT molecular complexity index is 623. The molecule has 112 valence electrons. The first kappa shape index (κ1) is 15.5. The molecule has 1 heterocycles. The Kier molecular flexibility index (Phi) is 4.62. The first-order chi connectivity index (χ1) is 9.88. The van der Waals surface area contributed by atoms with Gasteiger partial charge in [-0.3, -0.25) is 4.79 Å². The third-order valence-corrected chi connectivity index (χ3v) is 3.99. The lowest BCUT2D eigenvalue weighted by molar-refractivity contribution is -0.137. The summed E-state index contributed by atoms with van der Waals surface area (Å²) in [6.45, 7) is 1.76. The SMILES string of the molecule is Cc1nc(C(F)(F)F)sc1C(=O)NCCc1ccccc1. The van der Waals surface area contributed by atoms with Crippen LogP contribution in [-0.4, -0.2) is 17.4 Å². The number of halogens is 3. The molecule has 0 saturated heterocycles. The number of thiazole rings is 1. The van der Waals surface area contributed by atoms with Crippen LogP contribution in [0.25, 0.3) is 0 Å². The molecular formula is C14H13F3N2OS. The Morgan fingerprint density at radius 3 is 2.52 bits per heavy atom. The second-order valence-electron chi connectivity index (χ2n) is 4.42. The minimum atomic E-state index is -4.52. The van der Waals surface area contributed by atoms with Gasteiger partial charge in [0.15, 0.2) is 5.01 Å². The quantitative estimate of drug-likeness (QED) is 0.939. The predicted octanol–water partition coefficient (Wildman–Crippen LogP) is 3.44. The highest BCUT2D eigenvalue weighted by molar-refractivity contribution is 7.13. The molecule has 0 saturated carbocycles. The zero-order valence-electron chi connectivity index (χ0n) is 11.2. The van der Waals surface area contributed by atoms with Crippen LogP contribution in [0.1, 0.15) is 25.9 Å². The molecule has 0 atom stereocenters. The van der Waals surface area contributed by atoms with Crippen molar-refractivity contribution in [2.75, 3.05) is 6.54 Å². The molecule has 0 spiro atoms. The number of amides is 1. The van der Waals surface area contributed by atoms with E-state index in [1.54, 1.807) is 0 Å². The van der Waals surface area contributed by atoms with Crippen LogP contribution < -0.4 is 5.32 Å². The predicted molar refractivity (Wildman–Crippen MR) is 74.3 cm³/mol. The van der Waals surface area contributed by atoms with Crippen molar-refractivity contribution in [3.63, 3.8) is 0 Å². The van der Waals surface area contributed by atoms with E-state index in [2.05, 4.69) is 10.3 Å². The highest BCUT2D eigenvalue weighted by Gasteiger charge is 2.36. The Labute approximate surface area is 123 Å². The summed E-state index contributed by atoms with van der Waals surface area (Å²) >= 11 is 0.373. The monoisotopic (exact) mass is 314 g/mol. The Balaban J connectivity index is 1.96. The van der Waals surface area contributed by atoms with Gasteiger partial charge in [-0.2, -0.15) is 13.2 Å². The van der Waals surface area contributed by atoms with Crippen molar-refractivity contribution in [2.24, 2.45) is 0 Å². The second-order valence-corrected chi connectivity index (χ2v) is 5.42. The van der Waals surface area contributed by atoms with Crippen LogP contribution in [0.3, 0.4) is 0 Å². The van der Waals surface area contributed by atoms with Gasteiger partial charge < -0.3 is 5.32 Å². The summed E-state index contributed by atoms with van der Waals surface area (Å²) in [5.41, 5.74) is 1.15. The van der Waals surface area contributed by atoms with E-state index in [9.17, 15) is 18.0 Å². The first-order valence-corrected chi connectivity index (χ1v) is 7.06. The number of nitrogens with one attached hydrogen (secondary N) is 1. The topological polar surface area (TPSA) is 42.0 Å². The summed E-state index contributed by atoms with van der Waals surface area (Å²) in [6.07, 6.45) is -3.89. The van der Waals surface area contributed by atoms with Crippen molar-refractivity contribution in [3.05, 3.63) is 51.5 Å². The standard InChI is InChI=1S/C14H13F3N2OS/c1-9-11(21-13(19-9)14(15,16)17)12(20)18-8-7-10-5-3-2-4-6-10/h2-6H,7-8H2,1H3,(H,18,20). The van der Waals surface area contributed by atoms with Gasteiger partial charge in [0.25, 0.3) is 5.91 Å². The zero-order valence-corrected chi connectivity index (χ0v) is 12.0. The number of aryl methyl sites for hydroxylation is 1. The molecule has 7 heteroatoms. The van der Waals surface area contributed by atoms with Crippen LogP contribution in [0.2, 0.25) is 0 Å². The van der Waals surface area contributed by atoms with Crippen molar-refractivity contribution < 1.29 is 18.0 Å². The van der Waals surface area contributed by atoms with Gasteiger partial charge >= 0.3 is 6.18 Å². The van der Waals surface area contributed by atoms with E-state index in [1.165, 1.54) is 6.92 Å². The highest BCUT2D eigenvalue weighted by atomic mass is 32.1. The molecule has 2 aromatic rings. The second kappa shape index (κ2) is 6.26. The lowest BCUT2D eigenvalue weighted by Gasteiger charge is -2.04. The van der Waals surface area contributed by atoms with Gasteiger partial charge in [-0.15, -0.1) is 11.3 Å². The minimum absolute atomic E-state index is 0.00962. The first-order valence-electron chi connectivity index (χ1n) is 6.24. The van der Waals surface area contributed by atoms with E-state index < -0.39 is 17.1 Å². The van der Waals surface area contributed by atoms with Gasteiger partial charge in [0.2, 0.25) is 0 Å². The van der Waals surface area contributed by atoms with E-state index in [4.69, 9.17) is 0 Å². The van der Waals surface area contributed by atoms with Crippen molar-refractivity contribution in [2.45, 2.75) is 19.5 Å². The van der Waals surface area contributed by atoms with Gasteiger partial charge in [-0.05, 0) is 18.9 Å². The molecule has 0 aliphatic heterocycles. The third-order valence-electron chi connectivity index (χ3n) is 2.79. The molecule has 0 bridgehead atoms. The van der Waals surface area contributed by atoms with Crippen LogP contribution in [0.5, 0.6) is 0 Å². The van der Waals surface area contributed by atoms with E-state index in [0.29, 0.717) is 24.3 Å². The fourth-order valence-electron chi connectivity index (χ4n) is 1.77. The molecule has 0 aliphatic carbocycles. The van der Waals surface area contributed by atoms with E-state index >= 15 is 0 Å². The number of carbonyl (C=O) groups is 1. The fraction of sp³-hybridized carbons (Fsp3) is 0.286. The number of benzene rings is 1. The lowest BCUT2D eigenvalue weighted by Crippen LogP contribution is -2.25. The lowest BCUT2D eigenvalue weighted by atomic mass is 10.1. The molecule has 1 amide bonds. The summed E-state index contributed by atoms with van der Waals surface area (Å²) in [4.78, 5) is 15.3. The van der Waals surface area contributed by atoms with Crippen molar-refractivity contribution >= 4 is 17.2 Å². The molecule has 1 N–H and O–H groups in total. The molecule has 0 aliphatic rings. The Morgan fingerprint density at radius 1 is 1.29 bits per heavy atom. The summed E-state index contributed by atoms with van der Waals surface area (Å²) in [6, 6.07) is 9.51. The number of alkyl halides is 3. The Hall–Kier alpha value is -1.89. The van der Waals surface area contributed by atoms with Crippen LogP contribution in [0.15, 0.2) is 30.3 Å². The van der Waals surface area contributed by atoms with Crippen LogP contribution in [0.4, 0.5) is 13.2 Å². The van der Waals surface area contributed by atoms with Crippen molar-refractivity contribution in [1.82, 2.24) is 10.3 Å². The van der Waals surface area contributed by atoms with Crippen LogP contribution >= 0.6 is 11.3 Å². The van der Waals surface area contributed by atoms with Crippen molar-refractivity contribution in [3.8, 4) is 0 Å². The summed E-state index contributed by atoms with van der Waals surface area (Å²) in [7, 11) is 0. The summed E-state index contributed by atoms with van der Waals surface area (Å²) < 4.78 is 37.6. The van der Waals surface area contributed by atoms with Crippen LogP contribution in [-0.2, 0) is 12.6 Å². The number of hydrogen-bond donors (Lipinski definition) is 1. The van der Waals surface area contributed by atoms with Gasteiger partial charge in [-0.25, -0.2) is 4.98 Å². The number of aromatic nitrogens is 1. The van der Waals surface area contributed by atoms with E-state index in [0.717, 1.165) is 5.56 Å². The van der Waals surface area contributed by atoms with Crippen molar-refractivity contribution in [1.29, 1.82) is 0 Å². The highest BCUT2D eigenvalue weighted by Crippen LogP contribution is 2.33. The molecule has 2 rings (SSSR count). The average molecular weight is 314 g/mol. The molecule has 1 aromatic heterocycles. The van der Waals surface area contributed by atoms with Crippen LogP contribution in [0, 0.1) is 6.92 Å². The van der Waals surface area contributed by atoms with E-state index in [1.807, 2.05) is 30.3 Å². The largest absolute Gasteiger partial charge is 0.443 e. The number of rotatable bonds is 4. The summed E-state index contributed by atoms with van der Waals surface area (Å²) in [5.74, 6) is -0.517. The van der Waals surface area contributed by atoms with Gasteiger partial charge in [0, 0.05) is 6.54 Å². The molecule has 1 aromatic carbocycles. The smallest absolute Gasteiger partial charge is 0.351 e. The number of hydrogen-bond acceptors (Lipinski definition) is 3. The third kappa shape index (κ3) is 4.04. The van der Waals surface area contributed by atoms with Gasteiger partial charge in [0.1, 0.15) is 4.88 Å². The molecule has 21 heavy (non-hydrogen) atoms. The number of nitrogens with zero attached hydrogens (tertiary/aromatic N) is 1. The Morgan fingerprint density at radius 2 is 1.95 bits per heavy atom. The maximum Gasteiger partial charge on any atom is 0.443 e. The van der Waals surface area contributed by atoms with Gasteiger partial charge in [0.05, 0.1) is 5.69 Å². The molecule has 3 nitrogen and oxygen atoms in total. The maximum absolute atomic E-state index is 12.5. The average Bonchev–Trinajstić information content (AvgIpc) is 2.82. The van der Waals surface area contributed by atoms with Gasteiger partial charge in [-0.1, -0.05) is 30.3 Å². The normalized spacial score (nSPS) is 11.4.